The second-order valence-electron chi connectivity index (χ2n) is 5.73. The Labute approximate surface area is 133 Å². The van der Waals surface area contributed by atoms with Crippen LogP contribution < -0.4 is 10.1 Å². The lowest BCUT2D eigenvalue weighted by molar-refractivity contribution is -0.130. The maximum atomic E-state index is 12.3. The summed E-state index contributed by atoms with van der Waals surface area (Å²) in [6, 6.07) is 6.83. The van der Waals surface area contributed by atoms with E-state index in [4.69, 9.17) is 4.74 Å². The van der Waals surface area contributed by atoms with Gasteiger partial charge in [0.15, 0.2) is 5.82 Å². The molecule has 0 unspecified atom stereocenters. The number of hydrogen-bond donors (Lipinski definition) is 1. The van der Waals surface area contributed by atoms with E-state index in [1.165, 1.54) is 6.33 Å². The first kappa shape index (κ1) is 15.0. The molecule has 0 spiro atoms. The highest BCUT2D eigenvalue weighted by atomic mass is 16.5. The maximum absolute atomic E-state index is 12.3. The molecule has 1 N–H and O–H groups in total. The third-order valence-electron chi connectivity index (χ3n) is 3.68. The van der Waals surface area contributed by atoms with Gasteiger partial charge >= 0.3 is 6.03 Å². The Bertz CT molecular complexity index is 751. The summed E-state index contributed by atoms with van der Waals surface area (Å²) in [6.45, 7) is 3.39. The number of ether oxygens (including phenoxy) is 1. The second kappa shape index (κ2) is 5.38. The van der Waals surface area contributed by atoms with Gasteiger partial charge in [-0.1, -0.05) is 0 Å². The molecule has 0 aliphatic carbocycles. The fourth-order valence-electron chi connectivity index (χ4n) is 2.42. The molecule has 0 bridgehead atoms. The summed E-state index contributed by atoms with van der Waals surface area (Å²) < 4.78 is 6.71. The summed E-state index contributed by atoms with van der Waals surface area (Å²) in [5.74, 6) is 0.939. The molecule has 23 heavy (non-hydrogen) atoms. The average Bonchev–Trinajstić information content (AvgIpc) is 3.06. The minimum atomic E-state index is -0.901. The van der Waals surface area contributed by atoms with Crippen LogP contribution in [0.15, 0.2) is 30.6 Å². The molecule has 0 atom stereocenters. The van der Waals surface area contributed by atoms with E-state index in [2.05, 4.69) is 15.4 Å². The molecular formula is C15H17N5O3. The summed E-state index contributed by atoms with van der Waals surface area (Å²) in [5, 5.41) is 6.81. The lowest BCUT2D eigenvalue weighted by Crippen LogP contribution is -2.40. The lowest BCUT2D eigenvalue weighted by Gasteiger charge is -2.16. The van der Waals surface area contributed by atoms with Crippen molar-refractivity contribution in [1.82, 2.24) is 25.0 Å². The van der Waals surface area contributed by atoms with Crippen LogP contribution in [0.1, 0.15) is 19.7 Å². The summed E-state index contributed by atoms with van der Waals surface area (Å²) in [6.07, 6.45) is 1.39. The van der Waals surface area contributed by atoms with Crippen LogP contribution >= 0.6 is 0 Å². The van der Waals surface area contributed by atoms with Crippen LogP contribution in [0.5, 0.6) is 5.75 Å². The van der Waals surface area contributed by atoms with Crippen LogP contribution in [0.2, 0.25) is 0 Å². The molecule has 120 valence electrons. The normalized spacial score (nSPS) is 16.6. The standard InChI is InChI=1S/C15H17N5O3/c1-15(2)13(21)19(14(22)18-15)8-12-16-9-17-20(12)10-4-6-11(23-3)7-5-10/h4-7,9H,8H2,1-3H3,(H,18,22). The number of aromatic nitrogens is 3. The van der Waals surface area contributed by atoms with Gasteiger partial charge in [0.1, 0.15) is 17.6 Å². The zero-order chi connectivity index (χ0) is 16.6. The van der Waals surface area contributed by atoms with Crippen molar-refractivity contribution in [1.29, 1.82) is 0 Å². The summed E-state index contributed by atoms with van der Waals surface area (Å²) in [5.41, 5.74) is -0.133. The van der Waals surface area contributed by atoms with Gasteiger partial charge in [0.25, 0.3) is 5.91 Å². The molecule has 1 aliphatic rings. The van der Waals surface area contributed by atoms with Crippen molar-refractivity contribution in [2.45, 2.75) is 25.9 Å². The van der Waals surface area contributed by atoms with Crippen molar-refractivity contribution in [3.8, 4) is 11.4 Å². The zero-order valence-electron chi connectivity index (χ0n) is 13.1. The summed E-state index contributed by atoms with van der Waals surface area (Å²) >= 11 is 0. The van der Waals surface area contributed by atoms with Crippen LogP contribution in [-0.4, -0.2) is 44.3 Å². The first-order valence-corrected chi connectivity index (χ1v) is 7.10. The predicted molar refractivity (Wildman–Crippen MR) is 81.1 cm³/mol. The van der Waals surface area contributed by atoms with E-state index >= 15 is 0 Å². The van der Waals surface area contributed by atoms with Crippen molar-refractivity contribution in [3.63, 3.8) is 0 Å². The van der Waals surface area contributed by atoms with Crippen LogP contribution in [-0.2, 0) is 11.3 Å². The van der Waals surface area contributed by atoms with E-state index in [1.807, 2.05) is 12.1 Å². The number of nitrogens with zero attached hydrogens (tertiary/aromatic N) is 4. The predicted octanol–water partition coefficient (Wildman–Crippen LogP) is 1.11. The molecule has 1 aromatic carbocycles. The van der Waals surface area contributed by atoms with Crippen LogP contribution in [0.25, 0.3) is 5.69 Å². The topological polar surface area (TPSA) is 89.3 Å². The fraction of sp³-hybridized carbons (Fsp3) is 0.333. The number of amides is 3. The highest BCUT2D eigenvalue weighted by Gasteiger charge is 2.44. The number of benzene rings is 1. The Morgan fingerprint density at radius 3 is 2.48 bits per heavy atom. The minimum absolute atomic E-state index is 0.0557. The second-order valence-corrected chi connectivity index (χ2v) is 5.73. The molecule has 1 aromatic heterocycles. The SMILES string of the molecule is COc1ccc(-n2ncnc2CN2C(=O)NC(C)(C)C2=O)cc1. The molecule has 3 amide bonds. The monoisotopic (exact) mass is 315 g/mol. The Hall–Kier alpha value is -2.90. The molecule has 2 heterocycles. The Morgan fingerprint density at radius 2 is 1.91 bits per heavy atom. The Kier molecular flexibility index (Phi) is 3.51. The number of nitrogens with one attached hydrogen (secondary N) is 1. The van der Waals surface area contributed by atoms with Crippen molar-refractivity contribution in [3.05, 3.63) is 36.4 Å². The number of urea groups is 1. The summed E-state index contributed by atoms with van der Waals surface area (Å²) in [4.78, 5) is 29.5. The van der Waals surface area contributed by atoms with E-state index in [0.29, 0.717) is 5.82 Å². The van der Waals surface area contributed by atoms with Gasteiger partial charge in [-0.3, -0.25) is 9.69 Å². The highest BCUT2D eigenvalue weighted by Crippen LogP contribution is 2.20. The van der Waals surface area contributed by atoms with Gasteiger partial charge in [0, 0.05) is 0 Å². The molecule has 8 heteroatoms. The zero-order valence-corrected chi connectivity index (χ0v) is 13.1. The molecule has 1 saturated heterocycles. The summed E-state index contributed by atoms with van der Waals surface area (Å²) in [7, 11) is 1.59. The van der Waals surface area contributed by atoms with Crippen molar-refractivity contribution in [2.24, 2.45) is 0 Å². The first-order valence-electron chi connectivity index (χ1n) is 7.10. The van der Waals surface area contributed by atoms with E-state index in [-0.39, 0.29) is 12.5 Å². The van der Waals surface area contributed by atoms with E-state index in [9.17, 15) is 9.59 Å². The third kappa shape index (κ3) is 2.63. The van der Waals surface area contributed by atoms with E-state index < -0.39 is 11.6 Å². The van der Waals surface area contributed by atoms with Gasteiger partial charge in [0.05, 0.1) is 19.3 Å². The van der Waals surface area contributed by atoms with Crippen LogP contribution in [0, 0.1) is 0 Å². The number of imide groups is 1. The largest absolute Gasteiger partial charge is 0.497 e. The Morgan fingerprint density at radius 1 is 1.22 bits per heavy atom. The van der Waals surface area contributed by atoms with Crippen molar-refractivity contribution >= 4 is 11.9 Å². The first-order chi connectivity index (χ1) is 10.9. The lowest BCUT2D eigenvalue weighted by atomic mass is 10.1. The van der Waals surface area contributed by atoms with E-state index in [0.717, 1.165) is 16.3 Å². The number of carbonyl (C=O) groups excluding carboxylic acids is 2. The fourth-order valence-corrected chi connectivity index (χ4v) is 2.42. The van der Waals surface area contributed by atoms with Gasteiger partial charge < -0.3 is 10.1 Å². The number of rotatable bonds is 4. The van der Waals surface area contributed by atoms with Crippen molar-refractivity contribution in [2.75, 3.05) is 7.11 Å². The molecule has 0 saturated carbocycles. The highest BCUT2D eigenvalue weighted by molar-refractivity contribution is 6.06. The number of hydrogen-bond acceptors (Lipinski definition) is 5. The third-order valence-corrected chi connectivity index (χ3v) is 3.68. The van der Waals surface area contributed by atoms with Gasteiger partial charge in [-0.05, 0) is 38.1 Å². The number of methoxy groups -OCH3 is 1. The van der Waals surface area contributed by atoms with Gasteiger partial charge in [-0.15, -0.1) is 0 Å². The Balaban J connectivity index is 1.87. The molecule has 3 rings (SSSR count). The molecule has 8 nitrogen and oxygen atoms in total. The van der Waals surface area contributed by atoms with Crippen molar-refractivity contribution < 1.29 is 14.3 Å². The molecule has 1 fully saturated rings. The van der Waals surface area contributed by atoms with Gasteiger partial charge in [0.2, 0.25) is 0 Å². The van der Waals surface area contributed by atoms with Gasteiger partial charge in [-0.25, -0.2) is 14.5 Å². The number of carbonyl (C=O) groups is 2. The minimum Gasteiger partial charge on any atom is -0.497 e. The molecule has 2 aromatic rings. The van der Waals surface area contributed by atoms with Gasteiger partial charge in [-0.2, -0.15) is 5.10 Å². The molecule has 1 aliphatic heterocycles. The average molecular weight is 315 g/mol. The molecular weight excluding hydrogens is 298 g/mol. The quantitative estimate of drug-likeness (QED) is 0.854. The van der Waals surface area contributed by atoms with E-state index in [1.54, 1.807) is 37.8 Å². The van der Waals surface area contributed by atoms with Crippen LogP contribution in [0.4, 0.5) is 4.79 Å². The van der Waals surface area contributed by atoms with Crippen LogP contribution in [0.3, 0.4) is 0 Å². The smallest absolute Gasteiger partial charge is 0.325 e. The maximum Gasteiger partial charge on any atom is 0.325 e. The molecule has 0 radical (unpaired) electrons.